The van der Waals surface area contributed by atoms with Gasteiger partial charge in [0.1, 0.15) is 0 Å². The quantitative estimate of drug-likeness (QED) is 0.407. The van der Waals surface area contributed by atoms with Crippen LogP contribution in [0.2, 0.25) is 0 Å². The van der Waals surface area contributed by atoms with E-state index in [0.717, 1.165) is 0 Å². The topological polar surface area (TPSA) is 80.3 Å². The van der Waals surface area contributed by atoms with Gasteiger partial charge >= 0.3 is 92.4 Å². The molecule has 0 aliphatic rings. The predicted octanol–water partition coefficient (Wildman–Crippen LogP) is -3.38. The molecule has 0 aromatic rings. The fraction of sp³-hybridized carbons (Fsp3) is 0. The number of hydrogen-bond acceptors (Lipinski definition) is 4. The summed E-state index contributed by atoms with van der Waals surface area (Å²) in [7, 11) is 0. The van der Waals surface area contributed by atoms with Crippen molar-refractivity contribution in [3.8, 4) is 0 Å². The first kappa shape index (κ1) is 16.0. The maximum atomic E-state index is 8.59. The molecule has 0 unspecified atom stereocenters. The zero-order valence-corrected chi connectivity index (χ0v) is 9.23. The van der Waals surface area contributed by atoms with Crippen molar-refractivity contribution in [2.24, 2.45) is 0 Å². The predicted molar refractivity (Wildman–Crippen MR) is 12.9 cm³/mol. The Bertz CT molecular complexity index is 94.9. The van der Waals surface area contributed by atoms with E-state index >= 15 is 0 Å². The molecule has 0 saturated heterocycles. The van der Waals surface area contributed by atoms with E-state index in [0.29, 0.717) is 0 Å². The smallest absolute Gasteiger partial charge is 2.00 e. The Balaban J connectivity index is -0.0000000800. The van der Waals surface area contributed by atoms with Gasteiger partial charge < -0.3 is 0 Å². The Labute approximate surface area is 90.7 Å². The van der Waals surface area contributed by atoms with E-state index in [1.54, 1.807) is 0 Å². The van der Waals surface area contributed by atoms with E-state index in [1.807, 2.05) is 0 Å². The third kappa shape index (κ3) is 69.6. The van der Waals surface area contributed by atoms with Gasteiger partial charge in [-0.2, -0.15) is 0 Å². The summed E-state index contributed by atoms with van der Waals surface area (Å²) in [4.78, 5) is 0. The first-order valence-corrected chi connectivity index (χ1v) is 2.75. The van der Waals surface area contributed by atoms with Gasteiger partial charge in [-0.3, -0.25) is 0 Å². The molecular formula is AlCrO4Sr+3. The molecular weight excluding hydrogens is 231 g/mol. The van der Waals surface area contributed by atoms with Gasteiger partial charge in [-0.25, -0.2) is 0 Å². The van der Waals surface area contributed by atoms with Crippen LogP contribution in [0.5, 0.6) is 0 Å². The van der Waals surface area contributed by atoms with Crippen molar-refractivity contribution in [2.45, 2.75) is 0 Å². The van der Waals surface area contributed by atoms with Crippen LogP contribution in [-0.2, 0) is 21.2 Å². The summed E-state index contributed by atoms with van der Waals surface area (Å²) in [6, 6.07) is 0. The van der Waals surface area contributed by atoms with E-state index in [9.17, 15) is 0 Å². The van der Waals surface area contributed by atoms with Crippen LogP contribution in [0.25, 0.3) is 0 Å². The van der Waals surface area contributed by atoms with E-state index in [-0.39, 0.29) is 62.8 Å². The summed E-state index contributed by atoms with van der Waals surface area (Å²) in [5.41, 5.74) is 0. The van der Waals surface area contributed by atoms with Gasteiger partial charge in [0.2, 0.25) is 0 Å². The molecule has 0 atom stereocenters. The summed E-state index contributed by atoms with van der Waals surface area (Å²) in [6.45, 7) is 0. The second-order valence-electron chi connectivity index (χ2n) is 0.408. The molecule has 4 nitrogen and oxygen atoms in total. The standard InChI is InChI=1S/Al.Cr.4O.Sr/q+3;;;;2*-1;+2. The van der Waals surface area contributed by atoms with Crippen molar-refractivity contribution in [1.29, 1.82) is 0 Å². The zero-order valence-electron chi connectivity index (χ0n) is 3.33. The molecule has 0 bridgehead atoms. The average Bonchev–Trinajstić information content (AvgIpc) is 0.722. The minimum absolute atomic E-state index is 0. The van der Waals surface area contributed by atoms with Crippen LogP contribution >= 0.6 is 0 Å². The van der Waals surface area contributed by atoms with E-state index in [4.69, 9.17) is 15.9 Å². The molecule has 7 heteroatoms. The Morgan fingerprint density at radius 1 is 1.14 bits per heavy atom. The van der Waals surface area contributed by atoms with Crippen molar-refractivity contribution >= 4 is 62.8 Å². The first-order chi connectivity index (χ1) is 2.00. The fourth-order valence-corrected chi connectivity index (χ4v) is 0. The zero-order chi connectivity index (χ0) is 4.50. The molecule has 0 radical (unpaired) electrons. The number of rotatable bonds is 0. The van der Waals surface area contributed by atoms with E-state index in [1.165, 1.54) is 0 Å². The van der Waals surface area contributed by atoms with E-state index < -0.39 is 13.6 Å². The maximum Gasteiger partial charge on any atom is 2.00 e. The monoisotopic (exact) mass is 231 g/mol. The summed E-state index contributed by atoms with van der Waals surface area (Å²) in [5.74, 6) is 0. The Hall–Kier alpha value is 2.07. The third-order valence-electron chi connectivity index (χ3n) is 0. The molecule has 7 heavy (non-hydrogen) atoms. The molecule has 0 heterocycles. The van der Waals surface area contributed by atoms with Crippen LogP contribution in [0.4, 0.5) is 0 Å². The third-order valence-corrected chi connectivity index (χ3v) is 0. The van der Waals surface area contributed by atoms with Crippen molar-refractivity contribution in [2.75, 3.05) is 0 Å². The summed E-state index contributed by atoms with van der Waals surface area (Å²) < 4.78 is 34.4. The molecule has 0 aromatic heterocycles. The fourth-order valence-electron chi connectivity index (χ4n) is 0. The van der Waals surface area contributed by atoms with Crippen LogP contribution in [0.1, 0.15) is 0 Å². The maximum absolute atomic E-state index is 8.59. The first-order valence-electron chi connectivity index (χ1n) is 0.667. The molecule has 0 spiro atoms. The average molecular weight is 231 g/mol. The minimum atomic E-state index is -5.75. The second-order valence-corrected chi connectivity index (χ2v) is 1.68. The SMILES string of the molecule is [Al+3].[O]=[Cr](=[O])([O-])[O-].[Sr+2]. The second kappa shape index (κ2) is 6.19. The molecule has 0 aliphatic heterocycles. The molecule has 0 rings (SSSR count). The van der Waals surface area contributed by atoms with Crippen molar-refractivity contribution in [3.05, 3.63) is 0 Å². The van der Waals surface area contributed by atoms with Gasteiger partial charge in [0.05, 0.1) is 0 Å². The minimum Gasteiger partial charge on any atom is 2.00 e. The van der Waals surface area contributed by atoms with Crippen LogP contribution in [0, 0.1) is 0 Å². The molecule has 0 amide bonds. The summed E-state index contributed by atoms with van der Waals surface area (Å²) >= 11 is -5.75. The van der Waals surface area contributed by atoms with Crippen molar-refractivity contribution in [3.63, 3.8) is 0 Å². The van der Waals surface area contributed by atoms with Crippen molar-refractivity contribution < 1.29 is 29.5 Å². The van der Waals surface area contributed by atoms with Gasteiger partial charge in [-0.15, -0.1) is 0 Å². The normalized spacial score (nSPS) is 8.29. The Morgan fingerprint density at radius 3 is 1.14 bits per heavy atom. The van der Waals surface area contributed by atoms with Crippen molar-refractivity contribution in [1.82, 2.24) is 0 Å². The van der Waals surface area contributed by atoms with Crippen LogP contribution in [-0.4, -0.2) is 62.8 Å². The van der Waals surface area contributed by atoms with Gasteiger partial charge in [0.15, 0.2) is 0 Å². The van der Waals surface area contributed by atoms with Crippen LogP contribution < -0.4 is 8.32 Å². The summed E-state index contributed by atoms with van der Waals surface area (Å²) in [5, 5.41) is 0. The van der Waals surface area contributed by atoms with Gasteiger partial charge in [-0.05, 0) is 0 Å². The van der Waals surface area contributed by atoms with Gasteiger partial charge in [0, 0.05) is 0 Å². The number of hydrogen-bond donors (Lipinski definition) is 0. The van der Waals surface area contributed by atoms with Crippen LogP contribution in [0.3, 0.4) is 0 Å². The van der Waals surface area contributed by atoms with Crippen LogP contribution in [0.15, 0.2) is 0 Å². The molecule has 0 N–H and O–H groups in total. The molecule has 0 saturated carbocycles. The molecule has 0 aliphatic carbocycles. The van der Waals surface area contributed by atoms with Gasteiger partial charge in [0.25, 0.3) is 0 Å². The van der Waals surface area contributed by atoms with Gasteiger partial charge in [-0.1, -0.05) is 0 Å². The Kier molecular flexibility index (Phi) is 14.2. The molecule has 32 valence electrons. The molecule has 0 fully saturated rings. The summed E-state index contributed by atoms with van der Waals surface area (Å²) in [6.07, 6.45) is 0. The largest absolute Gasteiger partial charge is 2.00 e. The molecule has 0 aromatic carbocycles. The Morgan fingerprint density at radius 2 is 1.14 bits per heavy atom. The van der Waals surface area contributed by atoms with E-state index in [2.05, 4.69) is 0 Å².